The zero-order valence-corrected chi connectivity index (χ0v) is 20.9. The summed E-state index contributed by atoms with van der Waals surface area (Å²) in [6, 6.07) is 17.2. The largest absolute Gasteiger partial charge is 0.457 e. The number of ether oxygens (including phenoxy) is 2. The number of methoxy groups -OCH3 is 1. The van der Waals surface area contributed by atoms with Crippen molar-refractivity contribution >= 4 is 28.8 Å². The summed E-state index contributed by atoms with van der Waals surface area (Å²) in [7, 11) is 1.60. The Labute approximate surface area is 209 Å². The quantitative estimate of drug-likeness (QED) is 0.412. The molecular formula is C27H29N3O4S. The van der Waals surface area contributed by atoms with Crippen molar-refractivity contribution in [2.24, 2.45) is 4.99 Å². The Morgan fingerprint density at radius 1 is 1.09 bits per heavy atom. The van der Waals surface area contributed by atoms with E-state index in [1.807, 2.05) is 78.8 Å². The van der Waals surface area contributed by atoms with Gasteiger partial charge in [-0.15, -0.1) is 0 Å². The third-order valence-electron chi connectivity index (χ3n) is 5.80. The van der Waals surface area contributed by atoms with Gasteiger partial charge < -0.3 is 19.7 Å². The first-order valence-corrected chi connectivity index (χ1v) is 12.3. The molecule has 4 rings (SSSR count). The molecule has 0 saturated carbocycles. The number of hydrogen-bond acceptors (Lipinski definition) is 7. The number of carbonyl (C=O) groups excluding carboxylic acids is 2. The molecule has 0 radical (unpaired) electrons. The van der Waals surface area contributed by atoms with Crippen LogP contribution in [0.2, 0.25) is 0 Å². The summed E-state index contributed by atoms with van der Waals surface area (Å²) in [5, 5.41) is 5.54. The highest BCUT2D eigenvalue weighted by atomic mass is 32.2. The first-order chi connectivity index (χ1) is 17.0. The van der Waals surface area contributed by atoms with Crippen molar-refractivity contribution in [2.45, 2.75) is 32.9 Å². The van der Waals surface area contributed by atoms with E-state index in [9.17, 15) is 9.59 Å². The number of rotatable bonds is 9. The number of nitrogens with zero attached hydrogens (tertiary/aromatic N) is 2. The van der Waals surface area contributed by atoms with Gasteiger partial charge in [-0.2, -0.15) is 0 Å². The fraction of sp³-hybridized carbons (Fsp3) is 0.296. The minimum absolute atomic E-state index is 0.114. The number of aryl methyl sites for hydroxylation is 1. The number of aliphatic imine (C=N–C) groups is 1. The van der Waals surface area contributed by atoms with Crippen LogP contribution in [0.1, 0.15) is 36.1 Å². The highest BCUT2D eigenvalue weighted by molar-refractivity contribution is 8.16. The molecule has 7 nitrogen and oxygen atoms in total. The molecule has 0 saturated heterocycles. The standard InChI is InChI=1S/C27H29N3O4S/c1-18-9-11-21(12-10-18)25-24(26(32)34-16-20-7-5-4-6-8-20)19(2)29-27-30(25)22(17-35-27)15-23(31)28-13-14-33-3/h4-12,17,25H,13-16H2,1-3H3,(H,28,31). The molecule has 2 aromatic carbocycles. The molecule has 8 heteroatoms. The topological polar surface area (TPSA) is 80.2 Å². The van der Waals surface area contributed by atoms with Crippen molar-refractivity contribution < 1.29 is 19.1 Å². The van der Waals surface area contributed by atoms with Crippen LogP contribution in [0.15, 0.2) is 82.0 Å². The molecule has 0 aliphatic carbocycles. The van der Waals surface area contributed by atoms with Gasteiger partial charge in [0.2, 0.25) is 5.91 Å². The molecule has 0 fully saturated rings. The van der Waals surface area contributed by atoms with E-state index in [1.165, 1.54) is 11.8 Å². The second kappa shape index (κ2) is 11.4. The van der Waals surface area contributed by atoms with Crippen molar-refractivity contribution in [2.75, 3.05) is 20.3 Å². The first kappa shape index (κ1) is 24.8. The van der Waals surface area contributed by atoms with Crippen LogP contribution in [0.5, 0.6) is 0 Å². The predicted octanol–water partition coefficient (Wildman–Crippen LogP) is 4.47. The number of esters is 1. The molecule has 1 N–H and O–H groups in total. The number of fused-ring (bicyclic) bond motifs is 1. The summed E-state index contributed by atoms with van der Waals surface area (Å²) >= 11 is 1.46. The maximum absolute atomic E-state index is 13.4. The van der Waals surface area contributed by atoms with Crippen LogP contribution in [-0.4, -0.2) is 42.2 Å². The number of amidine groups is 1. The van der Waals surface area contributed by atoms with Gasteiger partial charge in [-0.3, -0.25) is 4.79 Å². The van der Waals surface area contributed by atoms with E-state index < -0.39 is 12.0 Å². The lowest BCUT2D eigenvalue weighted by Gasteiger charge is -2.36. The smallest absolute Gasteiger partial charge is 0.338 e. The average Bonchev–Trinajstić information content (AvgIpc) is 3.24. The molecule has 182 valence electrons. The van der Waals surface area contributed by atoms with Crippen LogP contribution in [0.4, 0.5) is 0 Å². The molecule has 1 amide bonds. The Morgan fingerprint density at radius 3 is 2.54 bits per heavy atom. The molecular weight excluding hydrogens is 462 g/mol. The first-order valence-electron chi connectivity index (χ1n) is 11.5. The normalized spacial score (nSPS) is 17.0. The summed E-state index contributed by atoms with van der Waals surface area (Å²) in [6.07, 6.45) is 0.170. The zero-order valence-electron chi connectivity index (χ0n) is 20.1. The SMILES string of the molecule is COCCNC(=O)CC1=CSC2=NC(C)=C(C(=O)OCc3ccccc3)C(c3ccc(C)cc3)N12. The minimum Gasteiger partial charge on any atom is -0.457 e. The fourth-order valence-corrected chi connectivity index (χ4v) is 4.98. The highest BCUT2D eigenvalue weighted by Gasteiger charge is 2.41. The van der Waals surface area contributed by atoms with E-state index in [2.05, 4.69) is 5.32 Å². The minimum atomic E-state index is -0.445. The summed E-state index contributed by atoms with van der Waals surface area (Å²) in [4.78, 5) is 32.7. The number of carbonyl (C=O) groups is 2. The molecule has 0 spiro atoms. The molecule has 1 unspecified atom stereocenters. The van der Waals surface area contributed by atoms with Gasteiger partial charge in [0.15, 0.2) is 5.17 Å². The van der Waals surface area contributed by atoms with Crippen LogP contribution in [-0.2, 0) is 25.7 Å². The van der Waals surface area contributed by atoms with Gasteiger partial charge >= 0.3 is 5.97 Å². The Bertz CT molecular complexity index is 1170. The van der Waals surface area contributed by atoms with Crippen molar-refractivity contribution in [3.05, 3.63) is 93.7 Å². The second-order valence-electron chi connectivity index (χ2n) is 8.38. The Morgan fingerprint density at radius 2 is 1.83 bits per heavy atom. The van der Waals surface area contributed by atoms with Crippen molar-refractivity contribution in [1.82, 2.24) is 10.2 Å². The lowest BCUT2D eigenvalue weighted by atomic mass is 9.93. The van der Waals surface area contributed by atoms with Gasteiger partial charge in [0.25, 0.3) is 0 Å². The van der Waals surface area contributed by atoms with Crippen LogP contribution < -0.4 is 5.32 Å². The van der Waals surface area contributed by atoms with Gasteiger partial charge in [-0.1, -0.05) is 71.9 Å². The monoisotopic (exact) mass is 491 g/mol. The lowest BCUT2D eigenvalue weighted by molar-refractivity contribution is -0.141. The summed E-state index contributed by atoms with van der Waals surface area (Å²) in [6.45, 7) is 4.91. The molecule has 2 heterocycles. The van der Waals surface area contributed by atoms with Crippen LogP contribution >= 0.6 is 11.8 Å². The number of nitrogens with one attached hydrogen (secondary N) is 1. The van der Waals surface area contributed by atoms with Crippen LogP contribution in [0.25, 0.3) is 0 Å². The van der Waals surface area contributed by atoms with Gasteiger partial charge in [0, 0.05) is 19.4 Å². The van der Waals surface area contributed by atoms with Gasteiger partial charge in [0.1, 0.15) is 6.61 Å². The van der Waals surface area contributed by atoms with E-state index in [0.717, 1.165) is 27.6 Å². The van der Waals surface area contributed by atoms with Crippen molar-refractivity contribution in [1.29, 1.82) is 0 Å². The van der Waals surface area contributed by atoms with Crippen molar-refractivity contribution in [3.8, 4) is 0 Å². The predicted molar refractivity (Wildman–Crippen MR) is 137 cm³/mol. The molecule has 2 aromatic rings. The number of amides is 1. The van der Waals surface area contributed by atoms with E-state index in [1.54, 1.807) is 7.11 Å². The maximum Gasteiger partial charge on any atom is 0.338 e. The molecule has 0 aromatic heterocycles. The number of allylic oxidation sites excluding steroid dienone is 1. The van der Waals surface area contributed by atoms with E-state index in [0.29, 0.717) is 24.4 Å². The average molecular weight is 492 g/mol. The number of thioether (sulfide) groups is 1. The Hall–Kier alpha value is -3.36. The highest BCUT2D eigenvalue weighted by Crippen LogP contribution is 2.44. The third kappa shape index (κ3) is 5.83. The van der Waals surface area contributed by atoms with E-state index >= 15 is 0 Å². The van der Waals surface area contributed by atoms with Gasteiger partial charge in [-0.25, -0.2) is 9.79 Å². The van der Waals surface area contributed by atoms with Gasteiger partial charge in [-0.05, 0) is 30.4 Å². The van der Waals surface area contributed by atoms with Gasteiger partial charge in [0.05, 0.1) is 30.3 Å². The zero-order chi connectivity index (χ0) is 24.8. The van der Waals surface area contributed by atoms with Crippen LogP contribution in [0.3, 0.4) is 0 Å². The number of benzene rings is 2. The maximum atomic E-state index is 13.4. The van der Waals surface area contributed by atoms with Crippen LogP contribution in [0, 0.1) is 6.92 Å². The molecule has 1 atom stereocenters. The molecule has 35 heavy (non-hydrogen) atoms. The fourth-order valence-electron chi connectivity index (χ4n) is 4.02. The second-order valence-corrected chi connectivity index (χ2v) is 9.22. The lowest BCUT2D eigenvalue weighted by Crippen LogP contribution is -2.38. The molecule has 2 aliphatic heterocycles. The summed E-state index contributed by atoms with van der Waals surface area (Å²) in [5.74, 6) is -0.530. The summed E-state index contributed by atoms with van der Waals surface area (Å²) in [5.41, 5.74) is 4.85. The molecule has 2 aliphatic rings. The van der Waals surface area contributed by atoms with Crippen molar-refractivity contribution in [3.63, 3.8) is 0 Å². The molecule has 0 bridgehead atoms. The Balaban J connectivity index is 1.63. The number of hydrogen-bond donors (Lipinski definition) is 1. The Kier molecular flexibility index (Phi) is 8.05. The summed E-state index contributed by atoms with van der Waals surface area (Å²) < 4.78 is 10.8. The van der Waals surface area contributed by atoms with E-state index in [-0.39, 0.29) is 18.9 Å². The third-order valence-corrected chi connectivity index (χ3v) is 6.69. The van der Waals surface area contributed by atoms with E-state index in [4.69, 9.17) is 14.5 Å².